The molecule has 0 amide bonds. The van der Waals surface area contributed by atoms with Gasteiger partial charge in [-0.15, -0.1) is 0 Å². The van der Waals surface area contributed by atoms with Crippen LogP contribution in [0.4, 0.5) is 17.1 Å². The van der Waals surface area contributed by atoms with Crippen molar-refractivity contribution >= 4 is 71.6 Å². The molecular formula is C51H32N2O2. The highest BCUT2D eigenvalue weighted by molar-refractivity contribution is 6.14. The van der Waals surface area contributed by atoms with Gasteiger partial charge in [-0.05, 0) is 92.8 Å². The Morgan fingerprint density at radius 1 is 0.364 bits per heavy atom. The summed E-state index contributed by atoms with van der Waals surface area (Å²) in [6.07, 6.45) is 0. The molecule has 0 aliphatic heterocycles. The molecular weight excluding hydrogens is 673 g/mol. The number of benzene rings is 9. The minimum atomic E-state index is 0.599. The Labute approximate surface area is 317 Å². The number of rotatable bonds is 6. The van der Waals surface area contributed by atoms with E-state index in [0.717, 1.165) is 61.2 Å². The van der Waals surface area contributed by atoms with Gasteiger partial charge in [-0.25, -0.2) is 4.98 Å². The number of hydrogen-bond donors (Lipinski definition) is 0. The third-order valence-electron chi connectivity index (χ3n) is 10.7. The average molecular weight is 705 g/mol. The summed E-state index contributed by atoms with van der Waals surface area (Å²) in [6.45, 7) is 0. The second-order valence-electron chi connectivity index (χ2n) is 13.9. The molecule has 2 heterocycles. The maximum Gasteiger partial charge on any atom is 0.227 e. The predicted octanol–water partition coefficient (Wildman–Crippen LogP) is 14.5. The zero-order valence-electron chi connectivity index (χ0n) is 29.7. The number of oxazole rings is 1. The molecule has 11 aromatic rings. The molecule has 55 heavy (non-hydrogen) atoms. The molecule has 0 aliphatic rings. The number of aromatic nitrogens is 1. The summed E-state index contributed by atoms with van der Waals surface area (Å²) in [4.78, 5) is 7.16. The van der Waals surface area contributed by atoms with Gasteiger partial charge < -0.3 is 13.7 Å². The lowest BCUT2D eigenvalue weighted by molar-refractivity contribution is 0.617. The van der Waals surface area contributed by atoms with Crippen LogP contribution in [0.15, 0.2) is 203 Å². The summed E-state index contributed by atoms with van der Waals surface area (Å²) >= 11 is 0. The summed E-state index contributed by atoms with van der Waals surface area (Å²) in [7, 11) is 0. The molecule has 4 nitrogen and oxygen atoms in total. The summed E-state index contributed by atoms with van der Waals surface area (Å²) in [5.74, 6) is 0.599. The van der Waals surface area contributed by atoms with E-state index in [0.29, 0.717) is 11.5 Å². The van der Waals surface area contributed by atoms with E-state index in [2.05, 4.69) is 163 Å². The van der Waals surface area contributed by atoms with Crippen LogP contribution in [0.3, 0.4) is 0 Å². The fourth-order valence-corrected chi connectivity index (χ4v) is 8.07. The number of para-hydroxylation sites is 1. The van der Waals surface area contributed by atoms with E-state index < -0.39 is 0 Å². The van der Waals surface area contributed by atoms with E-state index in [1.807, 2.05) is 36.4 Å². The summed E-state index contributed by atoms with van der Waals surface area (Å²) in [5.41, 5.74) is 11.8. The molecule has 2 aromatic heterocycles. The molecule has 4 heteroatoms. The lowest BCUT2D eigenvalue weighted by Crippen LogP contribution is -2.11. The van der Waals surface area contributed by atoms with Crippen molar-refractivity contribution in [1.29, 1.82) is 0 Å². The van der Waals surface area contributed by atoms with Crippen LogP contribution < -0.4 is 4.90 Å². The number of nitrogens with zero attached hydrogens (tertiary/aromatic N) is 2. The zero-order chi connectivity index (χ0) is 36.3. The first kappa shape index (κ1) is 31.1. The molecule has 0 aliphatic carbocycles. The molecule has 0 spiro atoms. The van der Waals surface area contributed by atoms with E-state index in [9.17, 15) is 0 Å². The number of fused-ring (bicyclic) bond motifs is 7. The third-order valence-corrected chi connectivity index (χ3v) is 10.7. The van der Waals surface area contributed by atoms with E-state index in [1.165, 1.54) is 32.7 Å². The quantitative estimate of drug-likeness (QED) is 0.162. The highest BCUT2D eigenvalue weighted by Gasteiger charge is 2.20. The predicted molar refractivity (Wildman–Crippen MR) is 227 cm³/mol. The maximum atomic E-state index is 6.59. The standard InChI is InChI=1S/C51H32N2O2/c1-3-13-33(14-4-1)40-19-11-12-22-47(40)53(37-25-23-34(24-26-37)44-29-36-17-7-8-18-39(36)41-20-9-10-21-42(41)44)38-27-28-43-45-31-46-50(32-49(45)54-48(43)30-38)55-51(52-46)35-15-5-2-6-16-35/h1-32H. The van der Waals surface area contributed by atoms with Crippen LogP contribution in [-0.2, 0) is 0 Å². The van der Waals surface area contributed by atoms with Gasteiger partial charge in [-0.3, -0.25) is 0 Å². The van der Waals surface area contributed by atoms with Crippen molar-refractivity contribution in [3.63, 3.8) is 0 Å². The Morgan fingerprint density at radius 2 is 1.00 bits per heavy atom. The Hall–Kier alpha value is -7.43. The normalized spacial score (nSPS) is 11.6. The van der Waals surface area contributed by atoms with Crippen LogP contribution in [0, 0.1) is 0 Å². The Morgan fingerprint density at radius 3 is 1.82 bits per heavy atom. The number of furan rings is 1. The van der Waals surface area contributed by atoms with Gasteiger partial charge in [0.1, 0.15) is 16.7 Å². The van der Waals surface area contributed by atoms with Crippen molar-refractivity contribution in [2.75, 3.05) is 4.90 Å². The van der Waals surface area contributed by atoms with Crippen molar-refractivity contribution < 1.29 is 8.83 Å². The largest absolute Gasteiger partial charge is 0.456 e. The van der Waals surface area contributed by atoms with Crippen molar-refractivity contribution in [3.05, 3.63) is 194 Å². The molecule has 0 atom stereocenters. The molecule has 11 rings (SSSR count). The van der Waals surface area contributed by atoms with Crippen molar-refractivity contribution in [1.82, 2.24) is 4.98 Å². The molecule has 0 fully saturated rings. The van der Waals surface area contributed by atoms with Crippen LogP contribution >= 0.6 is 0 Å². The molecule has 258 valence electrons. The van der Waals surface area contributed by atoms with E-state index in [-0.39, 0.29) is 0 Å². The second-order valence-corrected chi connectivity index (χ2v) is 13.9. The van der Waals surface area contributed by atoms with Crippen LogP contribution in [-0.4, -0.2) is 4.98 Å². The lowest BCUT2D eigenvalue weighted by Gasteiger charge is -2.28. The van der Waals surface area contributed by atoms with Crippen molar-refractivity contribution in [2.45, 2.75) is 0 Å². The van der Waals surface area contributed by atoms with Gasteiger partial charge in [0, 0.05) is 45.4 Å². The highest BCUT2D eigenvalue weighted by Crippen LogP contribution is 2.44. The van der Waals surface area contributed by atoms with Gasteiger partial charge in [-0.2, -0.15) is 0 Å². The second kappa shape index (κ2) is 12.6. The van der Waals surface area contributed by atoms with Crippen LogP contribution in [0.5, 0.6) is 0 Å². The van der Waals surface area contributed by atoms with Crippen molar-refractivity contribution in [2.24, 2.45) is 0 Å². The van der Waals surface area contributed by atoms with Gasteiger partial charge in [-0.1, -0.05) is 127 Å². The van der Waals surface area contributed by atoms with E-state index in [1.54, 1.807) is 0 Å². The smallest absolute Gasteiger partial charge is 0.227 e. The molecule has 0 saturated heterocycles. The van der Waals surface area contributed by atoms with Gasteiger partial charge in [0.25, 0.3) is 0 Å². The van der Waals surface area contributed by atoms with Crippen LogP contribution in [0.25, 0.3) is 88.3 Å². The highest BCUT2D eigenvalue weighted by atomic mass is 16.4. The van der Waals surface area contributed by atoms with Gasteiger partial charge >= 0.3 is 0 Å². The number of hydrogen-bond acceptors (Lipinski definition) is 4. The minimum absolute atomic E-state index is 0.599. The first-order valence-electron chi connectivity index (χ1n) is 18.5. The third kappa shape index (κ3) is 5.26. The van der Waals surface area contributed by atoms with Crippen molar-refractivity contribution in [3.8, 4) is 33.7 Å². The molecule has 0 saturated carbocycles. The Balaban J connectivity index is 1.06. The summed E-state index contributed by atoms with van der Waals surface area (Å²) in [6, 6.07) is 68.3. The van der Waals surface area contributed by atoms with Crippen LogP contribution in [0.1, 0.15) is 0 Å². The minimum Gasteiger partial charge on any atom is -0.456 e. The van der Waals surface area contributed by atoms with Gasteiger partial charge in [0.2, 0.25) is 5.89 Å². The molecule has 0 radical (unpaired) electrons. The topological polar surface area (TPSA) is 42.4 Å². The monoisotopic (exact) mass is 704 g/mol. The van der Waals surface area contributed by atoms with E-state index >= 15 is 0 Å². The Kier molecular flexibility index (Phi) is 7.14. The number of anilines is 3. The first-order chi connectivity index (χ1) is 27.2. The van der Waals surface area contributed by atoms with Crippen LogP contribution in [0.2, 0.25) is 0 Å². The molecule has 9 aromatic carbocycles. The maximum absolute atomic E-state index is 6.59. The molecule has 0 bridgehead atoms. The average Bonchev–Trinajstić information content (AvgIpc) is 3.84. The first-order valence-corrected chi connectivity index (χ1v) is 18.5. The van der Waals surface area contributed by atoms with Gasteiger partial charge in [0.05, 0.1) is 5.69 Å². The summed E-state index contributed by atoms with van der Waals surface area (Å²) in [5, 5.41) is 7.04. The molecule has 0 N–H and O–H groups in total. The Bertz CT molecular complexity index is 3200. The fraction of sp³-hybridized carbons (Fsp3) is 0. The lowest BCUT2D eigenvalue weighted by atomic mass is 9.93. The molecule has 0 unspecified atom stereocenters. The van der Waals surface area contributed by atoms with Gasteiger partial charge in [0.15, 0.2) is 5.58 Å². The zero-order valence-corrected chi connectivity index (χ0v) is 29.7. The SMILES string of the molecule is c1ccc(-c2nc3cc4c(cc3o2)oc2cc(N(c3ccc(-c5cc6ccccc6c6ccccc56)cc3)c3ccccc3-c3ccccc3)ccc24)cc1. The summed E-state index contributed by atoms with van der Waals surface area (Å²) < 4.78 is 12.8. The van der Waals surface area contributed by atoms with E-state index in [4.69, 9.17) is 13.8 Å². The fourth-order valence-electron chi connectivity index (χ4n) is 8.07.